The largest absolute Gasteiger partial charge is 0.489 e. The smallest absolute Gasteiger partial charge is 0.326 e. The fraction of sp³-hybridized carbons (Fsp3) is 0.300. The molecule has 0 unspecified atom stereocenters. The lowest BCUT2D eigenvalue weighted by atomic mass is 10.1. The van der Waals surface area contributed by atoms with Gasteiger partial charge in [-0.1, -0.05) is 42.5 Å². The number of carboxylic acid groups (broad SMARTS) is 1. The number of aliphatic carboxylic acids is 1. The standard InChI is InChI=1S/C20H21NO4/c22-19(16-8-9-16)21-18(20(23)24)12-14-6-10-17(11-7-14)25-13-15-4-2-1-3-5-15/h1-7,10-11,16,18H,8-9,12-13H2,(H,21,22)(H,23,24)/t18-/m0/s1. The van der Waals surface area contributed by atoms with E-state index in [1.165, 1.54) is 0 Å². The molecule has 2 aromatic carbocycles. The number of ether oxygens (including phenoxy) is 1. The summed E-state index contributed by atoms with van der Waals surface area (Å²) in [5, 5.41) is 11.9. The van der Waals surface area contributed by atoms with Crippen LogP contribution >= 0.6 is 0 Å². The highest BCUT2D eigenvalue weighted by Crippen LogP contribution is 2.29. The van der Waals surface area contributed by atoms with Gasteiger partial charge in [0.1, 0.15) is 18.4 Å². The minimum absolute atomic E-state index is 0.00406. The van der Waals surface area contributed by atoms with E-state index in [1.807, 2.05) is 54.6 Å². The van der Waals surface area contributed by atoms with Crippen molar-refractivity contribution in [3.63, 3.8) is 0 Å². The predicted octanol–water partition coefficient (Wildman–Crippen LogP) is 2.79. The zero-order valence-electron chi connectivity index (χ0n) is 13.9. The van der Waals surface area contributed by atoms with E-state index in [4.69, 9.17) is 4.74 Å². The minimum atomic E-state index is -1.02. The van der Waals surface area contributed by atoms with Gasteiger partial charge in [0, 0.05) is 12.3 Å². The third kappa shape index (κ3) is 5.08. The van der Waals surface area contributed by atoms with Crippen molar-refractivity contribution in [2.24, 2.45) is 5.92 Å². The van der Waals surface area contributed by atoms with Gasteiger partial charge in [-0.25, -0.2) is 4.79 Å². The Morgan fingerprint density at radius 2 is 1.72 bits per heavy atom. The number of rotatable bonds is 8. The number of carboxylic acids is 1. The summed E-state index contributed by atoms with van der Waals surface area (Å²) in [7, 11) is 0. The molecule has 1 fully saturated rings. The van der Waals surface area contributed by atoms with Crippen LogP contribution in [0.15, 0.2) is 54.6 Å². The molecule has 0 aromatic heterocycles. The first-order chi connectivity index (χ1) is 12.1. The molecule has 0 saturated heterocycles. The average molecular weight is 339 g/mol. The van der Waals surface area contributed by atoms with Gasteiger partial charge in [0.15, 0.2) is 0 Å². The van der Waals surface area contributed by atoms with Gasteiger partial charge in [-0.2, -0.15) is 0 Å². The second-order valence-corrected chi connectivity index (χ2v) is 6.30. The van der Waals surface area contributed by atoms with Crippen molar-refractivity contribution in [1.29, 1.82) is 0 Å². The highest BCUT2D eigenvalue weighted by atomic mass is 16.5. The van der Waals surface area contributed by atoms with E-state index in [2.05, 4.69) is 5.32 Å². The van der Waals surface area contributed by atoms with E-state index in [-0.39, 0.29) is 18.2 Å². The molecule has 1 saturated carbocycles. The molecule has 0 bridgehead atoms. The molecule has 0 radical (unpaired) electrons. The van der Waals surface area contributed by atoms with Crippen LogP contribution in [0.25, 0.3) is 0 Å². The van der Waals surface area contributed by atoms with Crippen LogP contribution in [0.2, 0.25) is 0 Å². The fourth-order valence-corrected chi connectivity index (χ4v) is 2.53. The van der Waals surface area contributed by atoms with Gasteiger partial charge < -0.3 is 15.2 Å². The number of carbonyl (C=O) groups is 2. The van der Waals surface area contributed by atoms with Crippen LogP contribution < -0.4 is 10.1 Å². The van der Waals surface area contributed by atoms with Crippen molar-refractivity contribution in [1.82, 2.24) is 5.32 Å². The van der Waals surface area contributed by atoms with E-state index in [9.17, 15) is 14.7 Å². The third-order valence-electron chi connectivity index (χ3n) is 4.17. The molecule has 5 heteroatoms. The Morgan fingerprint density at radius 1 is 1.04 bits per heavy atom. The van der Waals surface area contributed by atoms with E-state index in [0.29, 0.717) is 6.61 Å². The number of amides is 1. The second kappa shape index (κ2) is 7.83. The Bertz CT molecular complexity index is 723. The molecule has 0 heterocycles. The second-order valence-electron chi connectivity index (χ2n) is 6.30. The number of carbonyl (C=O) groups excluding carboxylic acids is 1. The van der Waals surface area contributed by atoms with E-state index in [0.717, 1.165) is 29.7 Å². The van der Waals surface area contributed by atoms with Crippen molar-refractivity contribution in [2.75, 3.05) is 0 Å². The average Bonchev–Trinajstić information content (AvgIpc) is 3.46. The minimum Gasteiger partial charge on any atom is -0.489 e. The molecule has 0 aliphatic heterocycles. The normalized spacial score (nSPS) is 14.6. The van der Waals surface area contributed by atoms with E-state index >= 15 is 0 Å². The zero-order chi connectivity index (χ0) is 17.6. The summed E-state index contributed by atoms with van der Waals surface area (Å²) in [5.41, 5.74) is 1.93. The molecule has 1 aliphatic rings. The van der Waals surface area contributed by atoms with Gasteiger partial charge in [0.25, 0.3) is 0 Å². The van der Waals surface area contributed by atoms with Gasteiger partial charge in [0.2, 0.25) is 5.91 Å². The van der Waals surface area contributed by atoms with Crippen molar-refractivity contribution in [3.05, 3.63) is 65.7 Å². The Labute approximate surface area is 146 Å². The van der Waals surface area contributed by atoms with Crippen molar-refractivity contribution >= 4 is 11.9 Å². The van der Waals surface area contributed by atoms with Crippen LogP contribution in [0.5, 0.6) is 5.75 Å². The topological polar surface area (TPSA) is 75.6 Å². The van der Waals surface area contributed by atoms with Crippen LogP contribution in [-0.4, -0.2) is 23.0 Å². The quantitative estimate of drug-likeness (QED) is 0.775. The lowest BCUT2D eigenvalue weighted by Gasteiger charge is -2.15. The maximum Gasteiger partial charge on any atom is 0.326 e. The molecule has 2 aromatic rings. The Kier molecular flexibility index (Phi) is 5.33. The third-order valence-corrected chi connectivity index (χ3v) is 4.17. The van der Waals surface area contributed by atoms with Crippen molar-refractivity contribution in [3.8, 4) is 5.75 Å². The van der Waals surface area contributed by atoms with Crippen molar-refractivity contribution < 1.29 is 19.4 Å². The summed E-state index contributed by atoms with van der Waals surface area (Å²) < 4.78 is 5.72. The van der Waals surface area contributed by atoms with Gasteiger partial charge in [-0.15, -0.1) is 0 Å². The summed E-state index contributed by atoms with van der Waals surface area (Å²) in [6.45, 7) is 0.482. The van der Waals surface area contributed by atoms with Crippen LogP contribution in [0.1, 0.15) is 24.0 Å². The molecule has 25 heavy (non-hydrogen) atoms. The van der Waals surface area contributed by atoms with Gasteiger partial charge in [0.05, 0.1) is 0 Å². The lowest BCUT2D eigenvalue weighted by Crippen LogP contribution is -2.43. The van der Waals surface area contributed by atoms with Crippen molar-refractivity contribution in [2.45, 2.75) is 31.9 Å². The summed E-state index contributed by atoms with van der Waals surface area (Å²) in [6.07, 6.45) is 1.96. The molecule has 5 nitrogen and oxygen atoms in total. The molecular formula is C20H21NO4. The van der Waals surface area contributed by atoms with Crippen LogP contribution in [0.4, 0.5) is 0 Å². The lowest BCUT2D eigenvalue weighted by molar-refractivity contribution is -0.142. The monoisotopic (exact) mass is 339 g/mol. The number of hydrogen-bond donors (Lipinski definition) is 2. The Morgan fingerprint density at radius 3 is 2.32 bits per heavy atom. The van der Waals surface area contributed by atoms with Crippen LogP contribution in [-0.2, 0) is 22.6 Å². The molecule has 0 spiro atoms. The highest BCUT2D eigenvalue weighted by Gasteiger charge is 2.32. The number of nitrogens with one attached hydrogen (secondary N) is 1. The molecule has 3 rings (SSSR count). The first-order valence-electron chi connectivity index (χ1n) is 8.40. The molecule has 1 amide bonds. The maximum absolute atomic E-state index is 11.8. The Hall–Kier alpha value is -2.82. The van der Waals surface area contributed by atoms with Gasteiger partial charge in [-0.3, -0.25) is 4.79 Å². The maximum atomic E-state index is 11.8. The first-order valence-corrected chi connectivity index (χ1v) is 8.40. The summed E-state index contributed by atoms with van der Waals surface area (Å²) in [5.74, 6) is -0.453. The molecule has 1 aliphatic carbocycles. The molecule has 1 atom stereocenters. The van der Waals surface area contributed by atoms with Gasteiger partial charge in [-0.05, 0) is 36.1 Å². The van der Waals surface area contributed by atoms with E-state index in [1.54, 1.807) is 0 Å². The predicted molar refractivity (Wildman–Crippen MR) is 93.2 cm³/mol. The molecular weight excluding hydrogens is 318 g/mol. The highest BCUT2D eigenvalue weighted by molar-refractivity contribution is 5.86. The van der Waals surface area contributed by atoms with Crippen LogP contribution in [0.3, 0.4) is 0 Å². The summed E-state index contributed by atoms with van der Waals surface area (Å²) in [4.78, 5) is 23.2. The Balaban J connectivity index is 1.55. The number of hydrogen-bond acceptors (Lipinski definition) is 3. The molecule has 2 N–H and O–H groups in total. The SMILES string of the molecule is O=C(N[C@@H](Cc1ccc(OCc2ccccc2)cc1)C(=O)O)C1CC1. The fourth-order valence-electron chi connectivity index (χ4n) is 2.53. The zero-order valence-corrected chi connectivity index (χ0v) is 13.9. The van der Waals surface area contributed by atoms with Crippen LogP contribution in [0, 0.1) is 5.92 Å². The summed E-state index contributed by atoms with van der Waals surface area (Å²) in [6, 6.07) is 16.3. The van der Waals surface area contributed by atoms with Gasteiger partial charge >= 0.3 is 5.97 Å². The number of benzene rings is 2. The van der Waals surface area contributed by atoms with E-state index < -0.39 is 12.0 Å². The first kappa shape index (κ1) is 17.0. The molecule has 130 valence electrons. The summed E-state index contributed by atoms with van der Waals surface area (Å²) >= 11 is 0.